The number of nitrogens with one attached hydrogen (secondary N) is 1. The third-order valence-electron chi connectivity index (χ3n) is 5.34. The molecule has 1 aliphatic heterocycles. The Bertz CT molecular complexity index is 1010. The number of aliphatic hydroxyl groups excluding tert-OH is 1. The summed E-state index contributed by atoms with van der Waals surface area (Å²) in [6.45, 7) is 1.20. The number of aromatic hydroxyl groups is 1. The number of hydrogen-bond donors (Lipinski definition) is 3. The van der Waals surface area contributed by atoms with Crippen molar-refractivity contribution in [3.8, 4) is 11.5 Å². The first-order chi connectivity index (χ1) is 13.1. The Hall–Kier alpha value is -2.93. The van der Waals surface area contributed by atoms with E-state index in [4.69, 9.17) is 4.74 Å². The summed E-state index contributed by atoms with van der Waals surface area (Å²) in [6, 6.07) is 9.31. The summed E-state index contributed by atoms with van der Waals surface area (Å²) in [6.07, 6.45) is 3.76. The number of phenols is 1. The fourth-order valence-electron chi connectivity index (χ4n) is 3.51. The van der Waals surface area contributed by atoms with Crippen LogP contribution in [0, 0.1) is 5.92 Å². The minimum absolute atomic E-state index is 0.158. The van der Waals surface area contributed by atoms with Crippen molar-refractivity contribution >= 4 is 28.1 Å². The highest BCUT2D eigenvalue weighted by atomic mass is 16.5. The van der Waals surface area contributed by atoms with E-state index in [9.17, 15) is 10.2 Å². The van der Waals surface area contributed by atoms with Crippen LogP contribution in [-0.4, -0.2) is 39.6 Å². The number of phenolic OH excluding ortho intramolecular Hbond substituents is 1. The number of benzene rings is 2. The molecule has 0 amide bonds. The summed E-state index contributed by atoms with van der Waals surface area (Å²) >= 11 is 0. The predicted molar refractivity (Wildman–Crippen MR) is 104 cm³/mol. The van der Waals surface area contributed by atoms with E-state index in [1.165, 1.54) is 12.8 Å². The van der Waals surface area contributed by atoms with E-state index in [1.807, 2.05) is 37.6 Å². The molecule has 1 atom stereocenters. The van der Waals surface area contributed by atoms with Gasteiger partial charge in [-0.15, -0.1) is 0 Å². The summed E-state index contributed by atoms with van der Waals surface area (Å²) in [4.78, 5) is 6.19. The number of fused-ring (bicyclic) bond motifs is 2. The van der Waals surface area contributed by atoms with Gasteiger partial charge in [0.15, 0.2) is 6.23 Å². The maximum absolute atomic E-state index is 10.4. The molecule has 0 radical (unpaired) electrons. The van der Waals surface area contributed by atoms with Gasteiger partial charge in [0.05, 0.1) is 28.7 Å². The van der Waals surface area contributed by atoms with Crippen LogP contribution in [-0.2, 0) is 6.54 Å². The van der Waals surface area contributed by atoms with Crippen molar-refractivity contribution in [3.63, 3.8) is 0 Å². The average Bonchev–Trinajstić information content (AvgIpc) is 3.40. The lowest BCUT2D eigenvalue weighted by Crippen LogP contribution is -2.40. The Morgan fingerprint density at radius 2 is 2.11 bits per heavy atom. The monoisotopic (exact) mass is 366 g/mol. The lowest BCUT2D eigenvalue weighted by Gasteiger charge is -2.32. The Morgan fingerprint density at radius 1 is 1.26 bits per heavy atom. The van der Waals surface area contributed by atoms with Gasteiger partial charge in [-0.25, -0.2) is 4.98 Å². The third kappa shape index (κ3) is 2.94. The fourth-order valence-corrected chi connectivity index (χ4v) is 3.51. The van der Waals surface area contributed by atoms with E-state index < -0.39 is 6.23 Å². The molecule has 3 aromatic rings. The van der Waals surface area contributed by atoms with Crippen LogP contribution in [0.5, 0.6) is 11.5 Å². The Kier molecular flexibility index (Phi) is 3.65. The van der Waals surface area contributed by atoms with Crippen LogP contribution < -0.4 is 15.0 Å². The van der Waals surface area contributed by atoms with Crippen LogP contribution in [0.15, 0.2) is 36.7 Å². The van der Waals surface area contributed by atoms with E-state index >= 15 is 0 Å². The molecule has 1 unspecified atom stereocenters. The number of likely N-dealkylation sites (N-methyl/N-ethyl adjacent to an activating group) is 1. The third-order valence-corrected chi connectivity index (χ3v) is 5.34. The molecule has 1 aromatic heterocycles. The second-order valence-corrected chi connectivity index (χ2v) is 7.41. The highest BCUT2D eigenvalue weighted by Gasteiger charge is 2.24. The molecule has 27 heavy (non-hydrogen) atoms. The molecule has 0 spiro atoms. The maximum Gasteiger partial charge on any atom is 0.161 e. The first-order valence-corrected chi connectivity index (χ1v) is 9.21. The molecule has 1 fully saturated rings. The van der Waals surface area contributed by atoms with Gasteiger partial charge in [0.25, 0.3) is 0 Å². The molecule has 2 heterocycles. The highest BCUT2D eigenvalue weighted by Crippen LogP contribution is 2.38. The standard InChI is InChI=1S/C20H22N4O3/c1-23-16-5-4-13(6-19(16)27-10-20(23)26)22-15-7-17-14(8-18(15)25)21-11-24(17)9-12-2-3-12/h4-8,11-12,20,22,25-26H,2-3,9-10H2,1H3. The SMILES string of the molecule is CN1c2ccc(Nc3cc4c(cc3O)ncn4CC3CC3)cc2OCC1O. The van der Waals surface area contributed by atoms with Crippen LogP contribution in [0.3, 0.4) is 0 Å². The van der Waals surface area contributed by atoms with Gasteiger partial charge in [0.2, 0.25) is 0 Å². The van der Waals surface area contributed by atoms with Crippen LogP contribution in [0.25, 0.3) is 11.0 Å². The number of hydrogen-bond acceptors (Lipinski definition) is 6. The number of aliphatic hydroxyl groups is 1. The van der Waals surface area contributed by atoms with Crippen LogP contribution >= 0.6 is 0 Å². The molecule has 5 rings (SSSR count). The van der Waals surface area contributed by atoms with Crippen LogP contribution in [0.2, 0.25) is 0 Å². The van der Waals surface area contributed by atoms with Crippen molar-refractivity contribution < 1.29 is 14.9 Å². The van der Waals surface area contributed by atoms with Gasteiger partial charge < -0.3 is 29.7 Å². The summed E-state index contributed by atoms with van der Waals surface area (Å²) in [5.74, 6) is 1.61. The number of aromatic nitrogens is 2. The molecule has 7 nitrogen and oxygen atoms in total. The lowest BCUT2D eigenvalue weighted by molar-refractivity contribution is 0.0956. The number of anilines is 3. The number of ether oxygens (including phenoxy) is 1. The molecule has 2 aromatic carbocycles. The molecule has 140 valence electrons. The lowest BCUT2D eigenvalue weighted by atomic mass is 10.2. The van der Waals surface area contributed by atoms with Gasteiger partial charge in [-0.1, -0.05) is 0 Å². The average molecular weight is 366 g/mol. The van der Waals surface area contributed by atoms with Crippen molar-refractivity contribution in [2.45, 2.75) is 25.6 Å². The smallest absolute Gasteiger partial charge is 0.161 e. The Morgan fingerprint density at radius 3 is 2.93 bits per heavy atom. The first kappa shape index (κ1) is 16.3. The molecule has 3 N–H and O–H groups in total. The van der Waals surface area contributed by atoms with Crippen molar-refractivity contribution in [1.82, 2.24) is 9.55 Å². The van der Waals surface area contributed by atoms with E-state index in [-0.39, 0.29) is 12.4 Å². The summed E-state index contributed by atoms with van der Waals surface area (Å²) in [5, 5.41) is 23.6. The molecular formula is C20H22N4O3. The zero-order valence-electron chi connectivity index (χ0n) is 15.1. The largest absolute Gasteiger partial charge is 0.506 e. The summed E-state index contributed by atoms with van der Waals surface area (Å²) in [5.41, 5.74) is 4.08. The fraction of sp³-hybridized carbons (Fsp3) is 0.350. The van der Waals surface area contributed by atoms with Gasteiger partial charge in [0.1, 0.15) is 18.1 Å². The van der Waals surface area contributed by atoms with Gasteiger partial charge in [-0.3, -0.25) is 0 Å². The zero-order valence-corrected chi connectivity index (χ0v) is 15.1. The van der Waals surface area contributed by atoms with E-state index in [0.717, 1.165) is 34.9 Å². The minimum atomic E-state index is -0.644. The molecule has 0 saturated heterocycles. The minimum Gasteiger partial charge on any atom is -0.506 e. The topological polar surface area (TPSA) is 82.8 Å². The van der Waals surface area contributed by atoms with Crippen molar-refractivity contribution in [3.05, 3.63) is 36.7 Å². The molecule has 2 aliphatic rings. The Labute approximate surface area is 156 Å². The van der Waals surface area contributed by atoms with Crippen molar-refractivity contribution in [2.24, 2.45) is 5.92 Å². The molecule has 1 aliphatic carbocycles. The quantitative estimate of drug-likeness (QED) is 0.616. The molecule has 7 heteroatoms. The van der Waals surface area contributed by atoms with E-state index in [1.54, 1.807) is 11.0 Å². The number of imidazole rings is 1. The summed E-state index contributed by atoms with van der Waals surface area (Å²) in [7, 11) is 1.83. The van der Waals surface area contributed by atoms with Gasteiger partial charge >= 0.3 is 0 Å². The molecular weight excluding hydrogens is 344 g/mol. The predicted octanol–water partition coefficient (Wildman–Crippen LogP) is 3.04. The van der Waals surface area contributed by atoms with Crippen molar-refractivity contribution in [1.29, 1.82) is 0 Å². The summed E-state index contributed by atoms with van der Waals surface area (Å²) < 4.78 is 7.79. The molecule has 0 bridgehead atoms. The number of nitrogens with zero attached hydrogens (tertiary/aromatic N) is 3. The highest BCUT2D eigenvalue weighted by molar-refractivity contribution is 5.85. The first-order valence-electron chi connectivity index (χ1n) is 9.21. The number of rotatable bonds is 4. The van der Waals surface area contributed by atoms with Crippen LogP contribution in [0.1, 0.15) is 12.8 Å². The zero-order chi connectivity index (χ0) is 18.5. The second kappa shape index (κ2) is 6.06. The van der Waals surface area contributed by atoms with Crippen LogP contribution in [0.4, 0.5) is 17.1 Å². The van der Waals surface area contributed by atoms with Gasteiger partial charge in [-0.2, -0.15) is 0 Å². The van der Waals surface area contributed by atoms with Gasteiger partial charge in [-0.05, 0) is 37.0 Å². The van der Waals surface area contributed by atoms with E-state index in [0.29, 0.717) is 11.4 Å². The normalized spacial score (nSPS) is 19.0. The van der Waals surface area contributed by atoms with Crippen molar-refractivity contribution in [2.75, 3.05) is 23.9 Å². The molecule has 1 saturated carbocycles. The Balaban J connectivity index is 1.46. The maximum atomic E-state index is 10.4. The van der Waals surface area contributed by atoms with E-state index in [2.05, 4.69) is 14.9 Å². The van der Waals surface area contributed by atoms with Gasteiger partial charge in [0, 0.05) is 31.4 Å². The second-order valence-electron chi connectivity index (χ2n) is 7.41.